The highest BCUT2D eigenvalue weighted by atomic mass is 35.5. The molecule has 24 heavy (non-hydrogen) atoms. The molecule has 1 aromatic rings. The van der Waals surface area contributed by atoms with E-state index >= 15 is 0 Å². The van der Waals surface area contributed by atoms with Crippen LogP contribution in [-0.2, 0) is 25.5 Å². The van der Waals surface area contributed by atoms with E-state index in [4.69, 9.17) is 15.2 Å². The average molecular weight is 357 g/mol. The highest BCUT2D eigenvalue weighted by Gasteiger charge is 2.26. The van der Waals surface area contributed by atoms with Crippen molar-refractivity contribution in [3.8, 4) is 0 Å². The minimum Gasteiger partial charge on any atom is -0.466 e. The first-order chi connectivity index (χ1) is 11.1. The number of benzene rings is 1. The van der Waals surface area contributed by atoms with Gasteiger partial charge in [0.1, 0.15) is 0 Å². The molecule has 1 fully saturated rings. The van der Waals surface area contributed by atoms with Gasteiger partial charge in [-0.05, 0) is 43.4 Å². The zero-order valence-electron chi connectivity index (χ0n) is 13.8. The molecule has 0 bridgehead atoms. The molecule has 0 aliphatic carbocycles. The lowest BCUT2D eigenvalue weighted by Gasteiger charge is -2.26. The number of amides is 1. The number of nitrogens with two attached hydrogens (primary N) is 1. The summed E-state index contributed by atoms with van der Waals surface area (Å²) >= 11 is 0. The number of ether oxygens (including phenoxy) is 2. The predicted octanol–water partition coefficient (Wildman–Crippen LogP) is 1.91. The quantitative estimate of drug-likeness (QED) is 0.760. The van der Waals surface area contributed by atoms with Gasteiger partial charge in [0.05, 0.1) is 19.1 Å². The van der Waals surface area contributed by atoms with E-state index in [1.807, 2.05) is 6.07 Å². The molecule has 1 unspecified atom stereocenters. The molecule has 1 aromatic carbocycles. The zero-order valence-corrected chi connectivity index (χ0v) is 14.6. The van der Waals surface area contributed by atoms with Crippen LogP contribution in [0.4, 0.5) is 5.69 Å². The Kier molecular flexibility index (Phi) is 8.74. The highest BCUT2D eigenvalue weighted by molar-refractivity contribution is 5.95. The van der Waals surface area contributed by atoms with Crippen LogP contribution in [0.25, 0.3) is 0 Å². The van der Waals surface area contributed by atoms with Gasteiger partial charge in [0.25, 0.3) is 0 Å². The second-order valence-electron chi connectivity index (χ2n) is 5.65. The van der Waals surface area contributed by atoms with E-state index in [-0.39, 0.29) is 36.6 Å². The lowest BCUT2D eigenvalue weighted by Crippen LogP contribution is -2.44. The van der Waals surface area contributed by atoms with Crippen molar-refractivity contribution in [2.75, 3.05) is 25.1 Å². The first-order valence-corrected chi connectivity index (χ1v) is 7.99. The Morgan fingerprint density at radius 3 is 2.75 bits per heavy atom. The smallest absolute Gasteiger partial charge is 0.310 e. The van der Waals surface area contributed by atoms with Crippen LogP contribution in [0.3, 0.4) is 0 Å². The van der Waals surface area contributed by atoms with E-state index in [1.165, 1.54) is 0 Å². The minimum atomic E-state index is -0.549. The number of hydrogen-bond donors (Lipinski definition) is 2. The fraction of sp³-hybridized carbons (Fsp3) is 0.529. The van der Waals surface area contributed by atoms with Crippen LogP contribution in [0.2, 0.25) is 0 Å². The molecule has 2 rings (SSSR count). The number of carbonyl (C=O) groups excluding carboxylic acids is 2. The number of carbonyl (C=O) groups is 2. The molecule has 0 spiro atoms. The van der Waals surface area contributed by atoms with Crippen molar-refractivity contribution in [3.63, 3.8) is 0 Å². The summed E-state index contributed by atoms with van der Waals surface area (Å²) < 4.78 is 10.2. The van der Waals surface area contributed by atoms with E-state index in [0.29, 0.717) is 25.5 Å². The summed E-state index contributed by atoms with van der Waals surface area (Å²) in [5.74, 6) is -0.341. The van der Waals surface area contributed by atoms with Crippen LogP contribution in [-0.4, -0.2) is 37.7 Å². The van der Waals surface area contributed by atoms with Gasteiger partial charge in [0.2, 0.25) is 5.91 Å². The summed E-state index contributed by atoms with van der Waals surface area (Å²) in [4.78, 5) is 23.8. The van der Waals surface area contributed by atoms with Gasteiger partial charge in [-0.3, -0.25) is 9.59 Å². The molecule has 1 saturated heterocycles. The van der Waals surface area contributed by atoms with Crippen molar-refractivity contribution >= 4 is 30.0 Å². The Hall–Kier alpha value is -1.63. The number of halogens is 1. The number of hydrogen-bond acceptors (Lipinski definition) is 5. The normalized spacial score (nSPS) is 15.9. The molecule has 0 radical (unpaired) electrons. The molecule has 3 N–H and O–H groups in total. The maximum atomic E-state index is 12.3. The lowest BCUT2D eigenvalue weighted by atomic mass is 9.92. The van der Waals surface area contributed by atoms with Crippen LogP contribution >= 0.6 is 12.4 Å². The molecular weight excluding hydrogens is 332 g/mol. The predicted molar refractivity (Wildman–Crippen MR) is 94.2 cm³/mol. The third-order valence-electron chi connectivity index (χ3n) is 3.92. The van der Waals surface area contributed by atoms with E-state index in [0.717, 1.165) is 18.4 Å². The van der Waals surface area contributed by atoms with E-state index in [9.17, 15) is 9.59 Å². The summed E-state index contributed by atoms with van der Waals surface area (Å²) in [6, 6.07) is 6.62. The molecule has 0 aromatic heterocycles. The van der Waals surface area contributed by atoms with Crippen molar-refractivity contribution in [2.45, 2.75) is 32.2 Å². The molecule has 1 heterocycles. The van der Waals surface area contributed by atoms with E-state index < -0.39 is 6.04 Å². The fourth-order valence-corrected chi connectivity index (χ4v) is 2.65. The zero-order chi connectivity index (χ0) is 16.7. The van der Waals surface area contributed by atoms with Gasteiger partial charge in [-0.15, -0.1) is 12.4 Å². The Bertz CT molecular complexity index is 547. The average Bonchev–Trinajstić information content (AvgIpc) is 2.55. The lowest BCUT2D eigenvalue weighted by molar-refractivity contribution is -0.142. The first kappa shape index (κ1) is 20.4. The number of rotatable bonds is 6. The van der Waals surface area contributed by atoms with Gasteiger partial charge in [-0.25, -0.2) is 0 Å². The van der Waals surface area contributed by atoms with Crippen LogP contribution in [0.15, 0.2) is 24.3 Å². The van der Waals surface area contributed by atoms with E-state index in [2.05, 4.69) is 5.32 Å². The van der Waals surface area contributed by atoms with Crippen molar-refractivity contribution in [1.82, 2.24) is 0 Å². The van der Waals surface area contributed by atoms with Crippen molar-refractivity contribution in [1.29, 1.82) is 0 Å². The van der Waals surface area contributed by atoms with Gasteiger partial charge < -0.3 is 20.5 Å². The second-order valence-corrected chi connectivity index (χ2v) is 5.65. The fourth-order valence-electron chi connectivity index (χ4n) is 2.65. The van der Waals surface area contributed by atoms with Crippen LogP contribution in [0.1, 0.15) is 25.3 Å². The maximum Gasteiger partial charge on any atom is 0.310 e. The molecule has 1 amide bonds. The molecule has 7 heteroatoms. The van der Waals surface area contributed by atoms with Gasteiger partial charge >= 0.3 is 5.97 Å². The monoisotopic (exact) mass is 356 g/mol. The Morgan fingerprint density at radius 2 is 2.08 bits per heavy atom. The summed E-state index contributed by atoms with van der Waals surface area (Å²) in [5.41, 5.74) is 7.49. The number of esters is 1. The molecular formula is C17H25ClN2O4. The first-order valence-electron chi connectivity index (χ1n) is 7.99. The van der Waals surface area contributed by atoms with Gasteiger partial charge in [-0.2, -0.15) is 0 Å². The number of nitrogens with one attached hydrogen (secondary N) is 1. The molecule has 1 atom stereocenters. The SMILES string of the molecule is CCOC(=O)Cc1cccc(NC(=O)C(N)C2CCOCC2)c1.Cl. The van der Waals surface area contributed by atoms with E-state index in [1.54, 1.807) is 25.1 Å². The Morgan fingerprint density at radius 1 is 1.38 bits per heavy atom. The Balaban J connectivity index is 0.00000288. The van der Waals surface area contributed by atoms with Gasteiger partial charge in [0, 0.05) is 18.9 Å². The topological polar surface area (TPSA) is 90.7 Å². The van der Waals surface area contributed by atoms with Crippen LogP contribution < -0.4 is 11.1 Å². The summed E-state index contributed by atoms with van der Waals surface area (Å²) in [7, 11) is 0. The molecule has 1 aliphatic heterocycles. The number of anilines is 1. The molecule has 0 saturated carbocycles. The highest BCUT2D eigenvalue weighted by Crippen LogP contribution is 2.19. The summed E-state index contributed by atoms with van der Waals surface area (Å²) in [6.07, 6.45) is 1.79. The largest absolute Gasteiger partial charge is 0.466 e. The van der Waals surface area contributed by atoms with Gasteiger partial charge in [-0.1, -0.05) is 12.1 Å². The summed E-state index contributed by atoms with van der Waals surface area (Å²) in [5, 5.41) is 2.83. The van der Waals surface area contributed by atoms with Crippen molar-refractivity contribution in [3.05, 3.63) is 29.8 Å². The maximum absolute atomic E-state index is 12.3. The molecule has 6 nitrogen and oxygen atoms in total. The molecule has 134 valence electrons. The third-order valence-corrected chi connectivity index (χ3v) is 3.92. The van der Waals surface area contributed by atoms with Gasteiger partial charge in [0.15, 0.2) is 0 Å². The van der Waals surface area contributed by atoms with Crippen molar-refractivity contribution in [2.24, 2.45) is 11.7 Å². The second kappa shape index (κ2) is 10.3. The van der Waals surface area contributed by atoms with Crippen molar-refractivity contribution < 1.29 is 19.1 Å². The standard InChI is InChI=1S/C17H24N2O4.ClH/c1-2-23-15(20)11-12-4-3-5-14(10-12)19-17(21)16(18)13-6-8-22-9-7-13;/h3-5,10,13,16H,2,6-9,11,18H2,1H3,(H,19,21);1H. The Labute approximate surface area is 148 Å². The third kappa shape index (κ3) is 6.11. The summed E-state index contributed by atoms with van der Waals surface area (Å²) in [6.45, 7) is 3.43. The molecule has 1 aliphatic rings. The van der Waals surface area contributed by atoms with Crippen LogP contribution in [0, 0.1) is 5.92 Å². The van der Waals surface area contributed by atoms with Crippen LogP contribution in [0.5, 0.6) is 0 Å². The minimum absolute atomic E-state index is 0.